The van der Waals surface area contributed by atoms with Crippen LogP contribution >= 0.6 is 0 Å². The molecular weight excluding hydrogens is 334 g/mol. The molecule has 0 unspecified atom stereocenters. The van der Waals surface area contributed by atoms with Gasteiger partial charge in [-0.2, -0.15) is 0 Å². The maximum absolute atomic E-state index is 13.5. The van der Waals surface area contributed by atoms with Crippen molar-refractivity contribution in [1.82, 2.24) is 4.90 Å². The fraction of sp³-hybridized carbons (Fsp3) is 0.292. The van der Waals surface area contributed by atoms with Crippen LogP contribution in [-0.2, 0) is 15.1 Å². The lowest BCUT2D eigenvalue weighted by atomic mass is 9.82. The fourth-order valence-corrected chi connectivity index (χ4v) is 4.45. The van der Waals surface area contributed by atoms with Gasteiger partial charge in [-0.15, -0.1) is 0 Å². The molecule has 1 heterocycles. The Balaban J connectivity index is 1.85. The summed E-state index contributed by atoms with van der Waals surface area (Å²) < 4.78 is 5.47. The van der Waals surface area contributed by atoms with Crippen molar-refractivity contribution < 1.29 is 9.53 Å². The molecule has 1 aliphatic carbocycles. The molecule has 0 aromatic heterocycles. The minimum atomic E-state index is -0.425. The van der Waals surface area contributed by atoms with E-state index in [1.807, 2.05) is 48.6 Å². The Labute approximate surface area is 161 Å². The summed E-state index contributed by atoms with van der Waals surface area (Å²) in [5, 5.41) is 0. The Morgan fingerprint density at radius 1 is 0.963 bits per heavy atom. The molecule has 1 saturated heterocycles. The summed E-state index contributed by atoms with van der Waals surface area (Å²) in [7, 11) is 1.68. The third kappa shape index (κ3) is 2.87. The number of carbonyl (C=O) groups excluding carboxylic acids is 1. The Kier molecular flexibility index (Phi) is 4.39. The summed E-state index contributed by atoms with van der Waals surface area (Å²) in [4.78, 5) is 15.6. The maximum atomic E-state index is 13.5. The van der Waals surface area contributed by atoms with E-state index in [1.54, 1.807) is 7.11 Å². The van der Waals surface area contributed by atoms with E-state index in [4.69, 9.17) is 4.74 Å². The molecule has 3 atom stereocenters. The quantitative estimate of drug-likeness (QED) is 0.782. The lowest BCUT2D eigenvalue weighted by Gasteiger charge is -2.41. The zero-order valence-electron chi connectivity index (χ0n) is 16.0. The van der Waals surface area contributed by atoms with E-state index < -0.39 is 5.54 Å². The highest BCUT2D eigenvalue weighted by Crippen LogP contribution is 2.50. The van der Waals surface area contributed by atoms with Crippen molar-refractivity contribution in [2.75, 3.05) is 7.11 Å². The van der Waals surface area contributed by atoms with Crippen molar-refractivity contribution in [3.8, 4) is 0 Å². The minimum absolute atomic E-state index is 0.0333. The lowest BCUT2D eigenvalue weighted by Crippen LogP contribution is -2.44. The third-order valence-corrected chi connectivity index (χ3v) is 5.86. The molecule has 1 amide bonds. The third-order valence-electron chi connectivity index (χ3n) is 5.86. The molecular formula is C24H25NO2. The zero-order chi connectivity index (χ0) is 19.0. The fourth-order valence-electron chi connectivity index (χ4n) is 4.45. The monoisotopic (exact) mass is 359 g/mol. The molecule has 1 fully saturated rings. The average Bonchev–Trinajstić information content (AvgIpc) is 3.02. The van der Waals surface area contributed by atoms with Gasteiger partial charge < -0.3 is 9.64 Å². The molecule has 0 saturated carbocycles. The van der Waals surface area contributed by atoms with Crippen molar-refractivity contribution in [3.05, 3.63) is 95.8 Å². The van der Waals surface area contributed by atoms with Crippen molar-refractivity contribution in [2.45, 2.75) is 25.4 Å². The number of fused-ring (bicyclic) bond motifs is 1. The predicted molar refractivity (Wildman–Crippen MR) is 107 cm³/mol. The van der Waals surface area contributed by atoms with Crippen LogP contribution < -0.4 is 0 Å². The lowest BCUT2D eigenvalue weighted by molar-refractivity contribution is -0.136. The summed E-state index contributed by atoms with van der Waals surface area (Å²) in [6.07, 6.45) is 6.03. The standard InChI is InChI=1S/C24H25NO2/c1-24(2,18-12-8-5-9-13-18)25-22(17-10-6-4-7-11-17)21-16-19(27-3)14-15-20(21)23(25)26/h4-16,20-22H,1-3H3/t20-,21+,22-/m1/s1. The highest BCUT2D eigenvalue weighted by molar-refractivity contribution is 5.86. The molecule has 1 aliphatic heterocycles. The minimum Gasteiger partial charge on any atom is -0.497 e. The highest BCUT2D eigenvalue weighted by Gasteiger charge is 2.52. The SMILES string of the molecule is COC1=C[C@@H]2[C@@H](c3ccccc3)N(C(C)(C)c3ccccc3)C(=O)[C@@H]2C=C1. The molecule has 2 aromatic carbocycles. The number of hydrogen-bond acceptors (Lipinski definition) is 2. The average molecular weight is 359 g/mol. The molecule has 3 heteroatoms. The predicted octanol–water partition coefficient (Wildman–Crippen LogP) is 4.84. The van der Waals surface area contributed by atoms with Crippen LogP contribution in [0.15, 0.2) is 84.7 Å². The second-order valence-electron chi connectivity index (χ2n) is 7.72. The van der Waals surface area contributed by atoms with Gasteiger partial charge in [0.2, 0.25) is 5.91 Å². The maximum Gasteiger partial charge on any atom is 0.231 e. The summed E-state index contributed by atoms with van der Waals surface area (Å²) in [6, 6.07) is 20.6. The van der Waals surface area contributed by atoms with Crippen LogP contribution in [0, 0.1) is 11.8 Å². The Bertz CT molecular complexity index is 883. The number of hydrogen-bond donors (Lipinski definition) is 0. The normalized spacial score (nSPS) is 24.6. The van der Waals surface area contributed by atoms with Gasteiger partial charge in [0.1, 0.15) is 5.76 Å². The molecule has 0 bridgehead atoms. The number of carbonyl (C=O) groups is 1. The van der Waals surface area contributed by atoms with Crippen LogP contribution in [0.4, 0.5) is 0 Å². The van der Waals surface area contributed by atoms with Crippen LogP contribution in [0.1, 0.15) is 31.0 Å². The number of amides is 1. The van der Waals surface area contributed by atoms with Crippen LogP contribution in [0.3, 0.4) is 0 Å². The summed E-state index contributed by atoms with van der Waals surface area (Å²) >= 11 is 0. The Morgan fingerprint density at radius 2 is 1.59 bits per heavy atom. The number of likely N-dealkylation sites (tertiary alicyclic amines) is 1. The van der Waals surface area contributed by atoms with E-state index in [9.17, 15) is 4.79 Å². The van der Waals surface area contributed by atoms with Crippen molar-refractivity contribution >= 4 is 5.91 Å². The van der Waals surface area contributed by atoms with Crippen LogP contribution in [0.25, 0.3) is 0 Å². The van der Waals surface area contributed by atoms with Gasteiger partial charge in [-0.3, -0.25) is 4.79 Å². The molecule has 138 valence electrons. The zero-order valence-corrected chi connectivity index (χ0v) is 16.0. The molecule has 0 radical (unpaired) electrons. The van der Waals surface area contributed by atoms with E-state index in [2.05, 4.69) is 49.1 Å². The van der Waals surface area contributed by atoms with Crippen molar-refractivity contribution in [2.24, 2.45) is 11.8 Å². The Morgan fingerprint density at radius 3 is 2.22 bits per heavy atom. The number of ether oxygens (including phenoxy) is 1. The van der Waals surface area contributed by atoms with Gasteiger partial charge in [-0.25, -0.2) is 0 Å². The van der Waals surface area contributed by atoms with Crippen LogP contribution in [0.2, 0.25) is 0 Å². The van der Waals surface area contributed by atoms with E-state index >= 15 is 0 Å². The van der Waals surface area contributed by atoms with E-state index in [0.717, 1.165) is 16.9 Å². The van der Waals surface area contributed by atoms with E-state index in [1.165, 1.54) is 0 Å². The van der Waals surface area contributed by atoms with Gasteiger partial charge in [0.05, 0.1) is 24.6 Å². The first-order valence-corrected chi connectivity index (χ1v) is 9.41. The van der Waals surface area contributed by atoms with Gasteiger partial charge in [0.15, 0.2) is 0 Å². The number of allylic oxidation sites excluding steroid dienone is 1. The molecule has 0 spiro atoms. The first-order chi connectivity index (χ1) is 13.0. The molecule has 2 aliphatic rings. The summed E-state index contributed by atoms with van der Waals surface area (Å²) in [5.74, 6) is 0.898. The van der Waals surface area contributed by atoms with Crippen LogP contribution in [-0.4, -0.2) is 17.9 Å². The van der Waals surface area contributed by atoms with E-state index in [0.29, 0.717) is 0 Å². The summed E-state index contributed by atoms with van der Waals surface area (Å²) in [5.41, 5.74) is 1.87. The van der Waals surface area contributed by atoms with Gasteiger partial charge >= 0.3 is 0 Å². The molecule has 0 N–H and O–H groups in total. The van der Waals surface area contributed by atoms with Crippen molar-refractivity contribution in [3.63, 3.8) is 0 Å². The van der Waals surface area contributed by atoms with Crippen LogP contribution in [0.5, 0.6) is 0 Å². The largest absolute Gasteiger partial charge is 0.497 e. The molecule has 3 nitrogen and oxygen atoms in total. The van der Waals surface area contributed by atoms with Gasteiger partial charge in [0, 0.05) is 5.92 Å². The number of benzene rings is 2. The second-order valence-corrected chi connectivity index (χ2v) is 7.72. The summed E-state index contributed by atoms with van der Waals surface area (Å²) in [6.45, 7) is 4.27. The molecule has 4 rings (SSSR count). The smallest absolute Gasteiger partial charge is 0.231 e. The molecule has 2 aromatic rings. The molecule has 27 heavy (non-hydrogen) atoms. The topological polar surface area (TPSA) is 29.5 Å². The number of methoxy groups -OCH3 is 1. The first kappa shape index (κ1) is 17.6. The second kappa shape index (κ2) is 6.73. The highest BCUT2D eigenvalue weighted by atomic mass is 16.5. The van der Waals surface area contributed by atoms with Gasteiger partial charge in [-0.1, -0.05) is 66.7 Å². The van der Waals surface area contributed by atoms with Crippen molar-refractivity contribution in [1.29, 1.82) is 0 Å². The van der Waals surface area contributed by atoms with Gasteiger partial charge in [-0.05, 0) is 37.1 Å². The van der Waals surface area contributed by atoms with E-state index in [-0.39, 0.29) is 23.8 Å². The Hall–Kier alpha value is -2.81. The number of nitrogens with zero attached hydrogens (tertiary/aromatic N) is 1. The first-order valence-electron chi connectivity index (χ1n) is 9.41. The van der Waals surface area contributed by atoms with Gasteiger partial charge in [0.25, 0.3) is 0 Å². The number of rotatable bonds is 4.